The SMILES string of the molecule is CC(C)(CN)CN1CCC(C)(O)CC1. The summed E-state index contributed by atoms with van der Waals surface area (Å²) >= 11 is 0. The number of aliphatic hydroxyl groups is 1. The topological polar surface area (TPSA) is 49.5 Å². The van der Waals surface area contributed by atoms with Crippen LogP contribution in [-0.4, -0.2) is 41.8 Å². The van der Waals surface area contributed by atoms with Crippen LogP contribution in [0.4, 0.5) is 0 Å². The average molecular weight is 200 g/mol. The largest absolute Gasteiger partial charge is 0.390 e. The maximum atomic E-state index is 9.80. The fourth-order valence-electron chi connectivity index (χ4n) is 1.86. The minimum atomic E-state index is -0.441. The van der Waals surface area contributed by atoms with Crippen LogP contribution in [0.15, 0.2) is 0 Å². The van der Waals surface area contributed by atoms with Gasteiger partial charge in [-0.25, -0.2) is 0 Å². The molecule has 0 saturated carbocycles. The van der Waals surface area contributed by atoms with Crippen molar-refractivity contribution in [3.05, 3.63) is 0 Å². The molecule has 0 aromatic rings. The zero-order chi connectivity index (χ0) is 10.8. The lowest BCUT2D eigenvalue weighted by molar-refractivity contribution is -0.0128. The summed E-state index contributed by atoms with van der Waals surface area (Å²) in [7, 11) is 0. The third kappa shape index (κ3) is 3.56. The second kappa shape index (κ2) is 4.17. The third-order valence-corrected chi connectivity index (χ3v) is 3.14. The van der Waals surface area contributed by atoms with Gasteiger partial charge in [-0.2, -0.15) is 0 Å². The first kappa shape index (κ1) is 12.0. The van der Waals surface area contributed by atoms with Crippen LogP contribution >= 0.6 is 0 Å². The second-order valence-corrected chi connectivity index (χ2v) is 5.64. The molecule has 0 bridgehead atoms. The van der Waals surface area contributed by atoms with Gasteiger partial charge in [-0.05, 0) is 31.7 Å². The van der Waals surface area contributed by atoms with Gasteiger partial charge in [0.25, 0.3) is 0 Å². The van der Waals surface area contributed by atoms with Crippen LogP contribution in [0, 0.1) is 5.41 Å². The highest BCUT2D eigenvalue weighted by Gasteiger charge is 2.29. The molecule has 0 aromatic carbocycles. The van der Waals surface area contributed by atoms with E-state index >= 15 is 0 Å². The van der Waals surface area contributed by atoms with E-state index in [9.17, 15) is 5.11 Å². The van der Waals surface area contributed by atoms with Crippen LogP contribution in [0.2, 0.25) is 0 Å². The summed E-state index contributed by atoms with van der Waals surface area (Å²) in [4.78, 5) is 2.41. The van der Waals surface area contributed by atoms with E-state index in [1.54, 1.807) is 0 Å². The summed E-state index contributed by atoms with van der Waals surface area (Å²) in [5, 5.41) is 9.80. The molecule has 0 aliphatic carbocycles. The lowest BCUT2D eigenvalue weighted by Gasteiger charge is -2.39. The van der Waals surface area contributed by atoms with E-state index in [0.29, 0.717) is 0 Å². The molecule has 84 valence electrons. The van der Waals surface area contributed by atoms with Crippen LogP contribution in [0.25, 0.3) is 0 Å². The Hall–Kier alpha value is -0.120. The van der Waals surface area contributed by atoms with Gasteiger partial charge in [0, 0.05) is 19.6 Å². The van der Waals surface area contributed by atoms with Gasteiger partial charge in [0.2, 0.25) is 0 Å². The molecule has 1 rings (SSSR count). The molecule has 0 amide bonds. The van der Waals surface area contributed by atoms with E-state index in [0.717, 1.165) is 39.0 Å². The van der Waals surface area contributed by atoms with E-state index in [-0.39, 0.29) is 5.41 Å². The van der Waals surface area contributed by atoms with Crippen LogP contribution in [0.1, 0.15) is 33.6 Å². The van der Waals surface area contributed by atoms with Gasteiger partial charge in [0.1, 0.15) is 0 Å². The number of piperidine rings is 1. The standard InChI is InChI=1S/C11H24N2O/c1-10(2,8-12)9-13-6-4-11(3,14)5-7-13/h14H,4-9,12H2,1-3H3. The van der Waals surface area contributed by atoms with Gasteiger partial charge in [0.15, 0.2) is 0 Å². The zero-order valence-corrected chi connectivity index (χ0v) is 9.71. The van der Waals surface area contributed by atoms with E-state index in [2.05, 4.69) is 18.7 Å². The summed E-state index contributed by atoms with van der Waals surface area (Å²) in [6.45, 7) is 10.1. The van der Waals surface area contributed by atoms with E-state index in [1.807, 2.05) is 6.92 Å². The number of hydrogen-bond donors (Lipinski definition) is 2. The molecule has 0 aromatic heterocycles. The molecular formula is C11H24N2O. The Morgan fingerprint density at radius 2 is 1.86 bits per heavy atom. The van der Waals surface area contributed by atoms with Crippen molar-refractivity contribution in [3.8, 4) is 0 Å². The molecule has 0 radical (unpaired) electrons. The third-order valence-electron chi connectivity index (χ3n) is 3.14. The van der Waals surface area contributed by atoms with Gasteiger partial charge < -0.3 is 15.7 Å². The predicted octanol–water partition coefficient (Wildman–Crippen LogP) is 0.818. The number of nitrogens with zero attached hydrogens (tertiary/aromatic N) is 1. The highest BCUT2D eigenvalue weighted by atomic mass is 16.3. The minimum Gasteiger partial charge on any atom is -0.390 e. The molecule has 1 saturated heterocycles. The molecule has 3 N–H and O–H groups in total. The highest BCUT2D eigenvalue weighted by molar-refractivity contribution is 4.84. The van der Waals surface area contributed by atoms with Crippen molar-refractivity contribution in [1.29, 1.82) is 0 Å². The lowest BCUT2D eigenvalue weighted by atomic mass is 9.89. The predicted molar refractivity (Wildman–Crippen MR) is 59.1 cm³/mol. The van der Waals surface area contributed by atoms with Crippen molar-refractivity contribution in [2.24, 2.45) is 11.1 Å². The Kier molecular flexibility index (Phi) is 3.56. The Balaban J connectivity index is 2.36. The molecule has 0 spiro atoms. The Morgan fingerprint density at radius 3 is 2.29 bits per heavy atom. The van der Waals surface area contributed by atoms with E-state index < -0.39 is 5.60 Å². The summed E-state index contributed by atoms with van der Waals surface area (Å²) in [5.41, 5.74) is 5.46. The summed E-state index contributed by atoms with van der Waals surface area (Å²) < 4.78 is 0. The van der Waals surface area contributed by atoms with Crippen molar-refractivity contribution in [1.82, 2.24) is 4.90 Å². The van der Waals surface area contributed by atoms with Crippen molar-refractivity contribution in [2.75, 3.05) is 26.2 Å². The van der Waals surface area contributed by atoms with Crippen LogP contribution < -0.4 is 5.73 Å². The molecule has 0 atom stereocenters. The van der Waals surface area contributed by atoms with Crippen LogP contribution in [0.3, 0.4) is 0 Å². The first-order chi connectivity index (χ1) is 6.35. The van der Waals surface area contributed by atoms with Gasteiger partial charge >= 0.3 is 0 Å². The number of rotatable bonds is 3. The number of nitrogens with two attached hydrogens (primary N) is 1. The summed E-state index contributed by atoms with van der Waals surface area (Å²) in [6.07, 6.45) is 1.77. The summed E-state index contributed by atoms with van der Waals surface area (Å²) in [6, 6.07) is 0. The van der Waals surface area contributed by atoms with Crippen molar-refractivity contribution >= 4 is 0 Å². The minimum absolute atomic E-state index is 0.198. The molecule has 1 heterocycles. The van der Waals surface area contributed by atoms with Crippen LogP contribution in [-0.2, 0) is 0 Å². The quantitative estimate of drug-likeness (QED) is 0.709. The Labute approximate surface area is 87.3 Å². The molecular weight excluding hydrogens is 176 g/mol. The Bertz CT molecular complexity index is 180. The molecule has 14 heavy (non-hydrogen) atoms. The normalized spacial score (nSPS) is 23.8. The molecule has 1 fully saturated rings. The fraction of sp³-hybridized carbons (Fsp3) is 1.00. The summed E-state index contributed by atoms with van der Waals surface area (Å²) in [5.74, 6) is 0. The van der Waals surface area contributed by atoms with E-state index in [1.165, 1.54) is 0 Å². The zero-order valence-electron chi connectivity index (χ0n) is 9.71. The molecule has 3 nitrogen and oxygen atoms in total. The van der Waals surface area contributed by atoms with Crippen molar-refractivity contribution in [3.63, 3.8) is 0 Å². The number of hydrogen-bond acceptors (Lipinski definition) is 3. The first-order valence-electron chi connectivity index (χ1n) is 5.49. The number of likely N-dealkylation sites (tertiary alicyclic amines) is 1. The van der Waals surface area contributed by atoms with Crippen LogP contribution in [0.5, 0.6) is 0 Å². The van der Waals surface area contributed by atoms with Gasteiger partial charge in [-0.15, -0.1) is 0 Å². The van der Waals surface area contributed by atoms with Gasteiger partial charge in [-0.3, -0.25) is 0 Å². The molecule has 1 aliphatic rings. The maximum absolute atomic E-state index is 9.80. The average Bonchev–Trinajstić information content (AvgIpc) is 2.09. The highest BCUT2D eigenvalue weighted by Crippen LogP contribution is 2.24. The second-order valence-electron chi connectivity index (χ2n) is 5.64. The molecule has 1 aliphatic heterocycles. The lowest BCUT2D eigenvalue weighted by Crippen LogP contribution is -2.47. The smallest absolute Gasteiger partial charge is 0.0644 e. The van der Waals surface area contributed by atoms with Gasteiger partial charge in [-0.1, -0.05) is 13.8 Å². The maximum Gasteiger partial charge on any atom is 0.0644 e. The monoisotopic (exact) mass is 200 g/mol. The molecule has 3 heteroatoms. The van der Waals surface area contributed by atoms with Crippen molar-refractivity contribution in [2.45, 2.75) is 39.2 Å². The Morgan fingerprint density at radius 1 is 1.36 bits per heavy atom. The van der Waals surface area contributed by atoms with Gasteiger partial charge in [0.05, 0.1) is 5.60 Å². The first-order valence-corrected chi connectivity index (χ1v) is 5.49. The molecule has 0 unspecified atom stereocenters. The van der Waals surface area contributed by atoms with Crippen molar-refractivity contribution < 1.29 is 5.11 Å². The van der Waals surface area contributed by atoms with E-state index in [4.69, 9.17) is 5.73 Å². The fourth-order valence-corrected chi connectivity index (χ4v) is 1.86.